The van der Waals surface area contributed by atoms with Crippen molar-refractivity contribution in [3.63, 3.8) is 0 Å². The van der Waals surface area contributed by atoms with E-state index >= 15 is 0 Å². The second kappa shape index (κ2) is 7.09. The van der Waals surface area contributed by atoms with Gasteiger partial charge in [0.05, 0.1) is 6.61 Å². The average Bonchev–Trinajstić information content (AvgIpc) is 2.37. The molecule has 1 atom stereocenters. The molecule has 0 aromatic heterocycles. The Morgan fingerprint density at radius 3 is 2.68 bits per heavy atom. The first-order valence-electron chi connectivity index (χ1n) is 6.27. The highest BCUT2D eigenvalue weighted by Crippen LogP contribution is 2.21. The minimum atomic E-state index is -0.700. The van der Waals surface area contributed by atoms with E-state index in [-0.39, 0.29) is 12.5 Å². The molecule has 0 aliphatic heterocycles. The van der Waals surface area contributed by atoms with Gasteiger partial charge >= 0.3 is 0 Å². The Balaban J connectivity index is 2.65. The number of ether oxygens (including phenoxy) is 1. The molecule has 0 bridgehead atoms. The third-order valence-corrected chi connectivity index (χ3v) is 2.55. The summed E-state index contributed by atoms with van der Waals surface area (Å²) in [5.74, 6) is -0.0127. The highest BCUT2D eigenvalue weighted by Gasteiger charge is 2.16. The number of hydrogen-bond donors (Lipinski definition) is 2. The Kier molecular flexibility index (Phi) is 5.76. The quantitative estimate of drug-likeness (QED) is 0.828. The number of carbonyl (C=O) groups excluding carboxylic acids is 1. The number of aliphatic hydroxyl groups excluding tert-OH is 1. The van der Waals surface area contributed by atoms with Crippen LogP contribution in [0.15, 0.2) is 18.2 Å². The van der Waals surface area contributed by atoms with Gasteiger partial charge in [-0.2, -0.15) is 0 Å². The van der Waals surface area contributed by atoms with Crippen LogP contribution in [0.5, 0.6) is 5.75 Å². The largest absolute Gasteiger partial charge is 0.481 e. The molecule has 0 aliphatic rings. The molecule has 1 aromatic carbocycles. The van der Waals surface area contributed by atoms with Gasteiger partial charge in [0, 0.05) is 12.1 Å². The Morgan fingerprint density at radius 2 is 2.11 bits per heavy atom. The molecule has 4 nitrogen and oxygen atoms in total. The van der Waals surface area contributed by atoms with Crippen molar-refractivity contribution >= 4 is 5.91 Å². The van der Waals surface area contributed by atoms with Gasteiger partial charge in [-0.25, -0.2) is 4.39 Å². The molecule has 2 N–H and O–H groups in total. The Morgan fingerprint density at radius 1 is 1.42 bits per heavy atom. The van der Waals surface area contributed by atoms with Gasteiger partial charge in [0.15, 0.2) is 6.10 Å². The van der Waals surface area contributed by atoms with Crippen LogP contribution in [0, 0.1) is 11.7 Å². The van der Waals surface area contributed by atoms with Gasteiger partial charge in [-0.3, -0.25) is 4.79 Å². The van der Waals surface area contributed by atoms with Crippen molar-refractivity contribution in [1.82, 2.24) is 5.32 Å². The van der Waals surface area contributed by atoms with Crippen molar-refractivity contribution < 1.29 is 19.0 Å². The molecule has 0 radical (unpaired) electrons. The summed E-state index contributed by atoms with van der Waals surface area (Å²) in [5.41, 5.74) is 0.323. The Labute approximate surface area is 112 Å². The summed E-state index contributed by atoms with van der Waals surface area (Å²) in [6, 6.07) is 3.83. The van der Waals surface area contributed by atoms with E-state index in [2.05, 4.69) is 5.32 Å². The van der Waals surface area contributed by atoms with E-state index in [4.69, 9.17) is 9.84 Å². The van der Waals surface area contributed by atoms with Gasteiger partial charge in [0.25, 0.3) is 5.91 Å². The fourth-order valence-electron chi connectivity index (χ4n) is 1.48. The molecule has 1 unspecified atom stereocenters. The molecule has 0 fully saturated rings. The van der Waals surface area contributed by atoms with Crippen molar-refractivity contribution in [2.75, 3.05) is 6.54 Å². The van der Waals surface area contributed by atoms with Crippen molar-refractivity contribution in [1.29, 1.82) is 0 Å². The third kappa shape index (κ3) is 4.87. The number of hydrogen-bond acceptors (Lipinski definition) is 3. The maximum absolute atomic E-state index is 13.0. The van der Waals surface area contributed by atoms with Gasteiger partial charge in [-0.15, -0.1) is 0 Å². The van der Waals surface area contributed by atoms with E-state index in [0.717, 1.165) is 0 Å². The van der Waals surface area contributed by atoms with Crippen LogP contribution >= 0.6 is 0 Å². The van der Waals surface area contributed by atoms with Gasteiger partial charge < -0.3 is 15.2 Å². The summed E-state index contributed by atoms with van der Waals surface area (Å²) < 4.78 is 18.4. The van der Waals surface area contributed by atoms with E-state index in [0.29, 0.717) is 23.8 Å². The van der Waals surface area contributed by atoms with Crippen LogP contribution in [-0.2, 0) is 11.4 Å². The lowest BCUT2D eigenvalue weighted by Gasteiger charge is -2.17. The number of nitrogens with one attached hydrogen (secondary N) is 1. The third-order valence-electron chi connectivity index (χ3n) is 2.55. The van der Waals surface area contributed by atoms with Crippen LogP contribution in [0.25, 0.3) is 0 Å². The van der Waals surface area contributed by atoms with Crippen molar-refractivity contribution in [3.8, 4) is 5.75 Å². The minimum absolute atomic E-state index is 0.234. The zero-order valence-electron chi connectivity index (χ0n) is 11.4. The lowest BCUT2D eigenvalue weighted by atomic mass is 10.2. The summed E-state index contributed by atoms with van der Waals surface area (Å²) in [6.45, 7) is 5.84. The van der Waals surface area contributed by atoms with Crippen LogP contribution < -0.4 is 10.1 Å². The fourth-order valence-corrected chi connectivity index (χ4v) is 1.48. The van der Waals surface area contributed by atoms with Gasteiger partial charge in [0.2, 0.25) is 0 Å². The standard InChI is InChI=1S/C14H20FNO3/c1-9(2)7-16-14(18)10(3)19-13-5-4-12(15)6-11(13)8-17/h4-6,9-10,17H,7-8H2,1-3H3,(H,16,18). The first-order chi connectivity index (χ1) is 8.93. The second-order valence-corrected chi connectivity index (χ2v) is 4.81. The summed E-state index contributed by atoms with van der Waals surface area (Å²) in [6.07, 6.45) is -0.700. The maximum atomic E-state index is 13.0. The van der Waals surface area contributed by atoms with Crippen molar-refractivity contribution in [3.05, 3.63) is 29.6 Å². The highest BCUT2D eigenvalue weighted by molar-refractivity contribution is 5.80. The lowest BCUT2D eigenvalue weighted by Crippen LogP contribution is -2.38. The van der Waals surface area contributed by atoms with Crippen molar-refractivity contribution in [2.45, 2.75) is 33.5 Å². The first kappa shape index (κ1) is 15.4. The molecule has 19 heavy (non-hydrogen) atoms. The normalized spacial score (nSPS) is 12.3. The van der Waals surface area contributed by atoms with Crippen LogP contribution in [0.1, 0.15) is 26.3 Å². The van der Waals surface area contributed by atoms with Crippen LogP contribution in [0.4, 0.5) is 4.39 Å². The number of benzene rings is 1. The van der Waals surface area contributed by atoms with E-state index in [1.165, 1.54) is 18.2 Å². The fraction of sp³-hybridized carbons (Fsp3) is 0.500. The smallest absolute Gasteiger partial charge is 0.260 e. The number of aliphatic hydroxyl groups is 1. The van der Waals surface area contributed by atoms with Crippen LogP contribution in [-0.4, -0.2) is 23.7 Å². The molecule has 5 heteroatoms. The number of rotatable bonds is 6. The van der Waals surface area contributed by atoms with E-state index in [9.17, 15) is 9.18 Å². The van der Waals surface area contributed by atoms with Crippen LogP contribution in [0.2, 0.25) is 0 Å². The molecular formula is C14H20FNO3. The predicted octanol–water partition coefficient (Wildman–Crippen LogP) is 1.86. The zero-order valence-corrected chi connectivity index (χ0v) is 11.4. The lowest BCUT2D eigenvalue weighted by molar-refractivity contribution is -0.127. The van der Waals surface area contributed by atoms with E-state index < -0.39 is 11.9 Å². The van der Waals surface area contributed by atoms with Crippen molar-refractivity contribution in [2.24, 2.45) is 5.92 Å². The molecule has 1 rings (SSSR count). The number of carbonyl (C=O) groups is 1. The van der Waals surface area contributed by atoms with Gasteiger partial charge in [-0.1, -0.05) is 13.8 Å². The monoisotopic (exact) mass is 269 g/mol. The van der Waals surface area contributed by atoms with E-state index in [1.54, 1.807) is 6.92 Å². The second-order valence-electron chi connectivity index (χ2n) is 4.81. The SMILES string of the molecule is CC(C)CNC(=O)C(C)Oc1ccc(F)cc1CO. The Hall–Kier alpha value is -1.62. The predicted molar refractivity (Wildman–Crippen MR) is 70.3 cm³/mol. The van der Waals surface area contributed by atoms with Crippen LogP contribution in [0.3, 0.4) is 0 Å². The molecule has 0 heterocycles. The molecule has 0 spiro atoms. The number of halogens is 1. The first-order valence-corrected chi connectivity index (χ1v) is 6.27. The maximum Gasteiger partial charge on any atom is 0.260 e. The average molecular weight is 269 g/mol. The molecular weight excluding hydrogens is 249 g/mol. The summed E-state index contributed by atoms with van der Waals surface area (Å²) >= 11 is 0. The molecule has 0 aliphatic carbocycles. The molecule has 1 amide bonds. The van der Waals surface area contributed by atoms with E-state index in [1.807, 2.05) is 13.8 Å². The summed E-state index contributed by atoms with van der Waals surface area (Å²) in [4.78, 5) is 11.7. The topological polar surface area (TPSA) is 58.6 Å². The molecule has 0 saturated carbocycles. The zero-order chi connectivity index (χ0) is 14.4. The Bertz CT molecular complexity index is 435. The molecule has 106 valence electrons. The summed E-state index contributed by atoms with van der Waals surface area (Å²) in [7, 11) is 0. The number of amides is 1. The molecule has 1 aromatic rings. The minimum Gasteiger partial charge on any atom is -0.481 e. The molecule has 0 saturated heterocycles. The van der Waals surface area contributed by atoms with Gasteiger partial charge in [0.1, 0.15) is 11.6 Å². The van der Waals surface area contributed by atoms with Gasteiger partial charge in [-0.05, 0) is 31.0 Å². The summed E-state index contributed by atoms with van der Waals surface area (Å²) in [5, 5.41) is 11.9. The highest BCUT2D eigenvalue weighted by atomic mass is 19.1.